The van der Waals surface area contributed by atoms with Gasteiger partial charge in [0, 0.05) is 0 Å². The van der Waals surface area contributed by atoms with Gasteiger partial charge in [-0.05, 0) is 0 Å². The molecule has 12 heavy (non-hydrogen) atoms. The number of aromatic nitrogens is 2. The lowest BCUT2D eigenvalue weighted by molar-refractivity contribution is 0.0999. The summed E-state index contributed by atoms with van der Waals surface area (Å²) in [4.78, 5) is 10.9. The summed E-state index contributed by atoms with van der Waals surface area (Å²) in [6.45, 7) is 0. The summed E-state index contributed by atoms with van der Waals surface area (Å²) in [6.07, 6.45) is 1.45. The lowest BCUT2D eigenvalue weighted by Gasteiger charge is -2.21. The number of hydrogen-bond donors (Lipinski definition) is 2. The number of quaternary nitrogens is 1. The summed E-state index contributed by atoms with van der Waals surface area (Å²) >= 11 is 0. The molecule has 0 saturated carbocycles. The Hall–Kier alpha value is -1.36. The monoisotopic (exact) mass is 169 g/mol. The molecule has 66 valence electrons. The molecule has 0 aliphatic carbocycles. The fourth-order valence-electron chi connectivity index (χ4n) is 0.971. The fourth-order valence-corrected chi connectivity index (χ4v) is 0.971. The minimum atomic E-state index is -0.452. The molecule has 1 aromatic rings. The Morgan fingerprint density at radius 1 is 1.58 bits per heavy atom. The molecule has 0 saturated heterocycles. The fraction of sp³-hybridized carbons (Fsp3) is 0.429. The summed E-state index contributed by atoms with van der Waals surface area (Å²) < 4.78 is 0.498. The van der Waals surface area contributed by atoms with Crippen molar-refractivity contribution in [3.8, 4) is 0 Å². The molecule has 0 bridgehead atoms. The molecule has 1 aromatic heterocycles. The third-order valence-electron chi connectivity index (χ3n) is 1.56. The van der Waals surface area contributed by atoms with E-state index < -0.39 is 5.91 Å². The second-order valence-electron chi connectivity index (χ2n) is 3.51. The Labute approximate surface area is 70.8 Å². The van der Waals surface area contributed by atoms with Crippen molar-refractivity contribution >= 4 is 11.7 Å². The van der Waals surface area contributed by atoms with Crippen LogP contribution in [0.15, 0.2) is 6.20 Å². The molecule has 0 radical (unpaired) electrons. The third-order valence-corrected chi connectivity index (χ3v) is 1.56. The van der Waals surface area contributed by atoms with Crippen LogP contribution in [0.5, 0.6) is 0 Å². The Kier molecular flexibility index (Phi) is 1.89. The van der Waals surface area contributed by atoms with Crippen molar-refractivity contribution in [1.29, 1.82) is 0 Å². The molecule has 1 rings (SSSR count). The number of nitrogens with two attached hydrogens (primary N) is 1. The zero-order chi connectivity index (χ0) is 9.35. The standard InChI is InChI=1S/C7H12N4O/c1-11(2,3)7-5(6(8)12)4-9-10-7/h4H,1-3H3,(H2-,8,9,10,12)/p+1. The van der Waals surface area contributed by atoms with E-state index in [2.05, 4.69) is 10.2 Å². The number of amides is 1. The maximum atomic E-state index is 10.9. The van der Waals surface area contributed by atoms with E-state index in [1.807, 2.05) is 21.1 Å². The Morgan fingerprint density at radius 2 is 2.17 bits per heavy atom. The Balaban J connectivity index is 3.17. The van der Waals surface area contributed by atoms with Crippen LogP contribution in [0.3, 0.4) is 0 Å². The first-order chi connectivity index (χ1) is 5.43. The number of aromatic amines is 1. The number of nitrogens with zero attached hydrogens (tertiary/aromatic N) is 2. The molecule has 0 atom stereocenters. The summed E-state index contributed by atoms with van der Waals surface area (Å²) in [5.74, 6) is 0.273. The second kappa shape index (κ2) is 2.60. The molecule has 1 amide bonds. The van der Waals surface area contributed by atoms with Crippen molar-refractivity contribution in [3.63, 3.8) is 0 Å². The van der Waals surface area contributed by atoms with Crippen molar-refractivity contribution < 1.29 is 4.79 Å². The average Bonchev–Trinajstić information content (AvgIpc) is 2.30. The lowest BCUT2D eigenvalue weighted by atomic mass is 10.3. The number of carbonyl (C=O) groups excluding carboxylic acids is 1. The van der Waals surface area contributed by atoms with Crippen LogP contribution < -0.4 is 10.2 Å². The molecule has 0 unspecified atom stereocenters. The Morgan fingerprint density at radius 3 is 2.50 bits per heavy atom. The van der Waals surface area contributed by atoms with Gasteiger partial charge in [-0.3, -0.25) is 9.28 Å². The number of hydrogen-bond acceptors (Lipinski definition) is 2. The van der Waals surface area contributed by atoms with Crippen LogP contribution in [0.2, 0.25) is 0 Å². The normalized spacial score (nSPS) is 11.6. The van der Waals surface area contributed by atoms with Crippen LogP contribution in [0.1, 0.15) is 10.4 Å². The second-order valence-corrected chi connectivity index (χ2v) is 3.51. The maximum absolute atomic E-state index is 10.9. The van der Waals surface area contributed by atoms with Crippen LogP contribution >= 0.6 is 0 Å². The van der Waals surface area contributed by atoms with E-state index >= 15 is 0 Å². The van der Waals surface area contributed by atoms with Gasteiger partial charge < -0.3 is 5.73 Å². The van der Waals surface area contributed by atoms with Gasteiger partial charge in [0.05, 0.1) is 27.3 Å². The van der Waals surface area contributed by atoms with Gasteiger partial charge in [-0.2, -0.15) is 5.10 Å². The van der Waals surface area contributed by atoms with Crippen LogP contribution in [-0.2, 0) is 0 Å². The van der Waals surface area contributed by atoms with E-state index in [9.17, 15) is 4.79 Å². The molecule has 0 aliphatic rings. The highest BCUT2D eigenvalue weighted by Gasteiger charge is 2.22. The predicted octanol–water partition coefficient (Wildman–Crippen LogP) is -0.295. The zero-order valence-corrected chi connectivity index (χ0v) is 7.46. The van der Waals surface area contributed by atoms with Gasteiger partial charge in [0.2, 0.25) is 5.82 Å². The van der Waals surface area contributed by atoms with Gasteiger partial charge >= 0.3 is 0 Å². The van der Waals surface area contributed by atoms with Crippen molar-refractivity contribution in [2.45, 2.75) is 0 Å². The topological polar surface area (TPSA) is 71.8 Å². The van der Waals surface area contributed by atoms with Gasteiger partial charge in [0.15, 0.2) is 0 Å². The third kappa shape index (κ3) is 1.45. The smallest absolute Gasteiger partial charge is 0.258 e. The summed E-state index contributed by atoms with van der Waals surface area (Å²) in [5.41, 5.74) is 5.59. The maximum Gasteiger partial charge on any atom is 0.258 e. The predicted molar refractivity (Wildman–Crippen MR) is 46.7 cm³/mol. The van der Waals surface area contributed by atoms with Gasteiger partial charge in [0.1, 0.15) is 5.56 Å². The molecule has 5 nitrogen and oxygen atoms in total. The van der Waals surface area contributed by atoms with Crippen LogP contribution in [0, 0.1) is 0 Å². The first kappa shape index (κ1) is 8.73. The minimum absolute atomic E-state index is 0.447. The summed E-state index contributed by atoms with van der Waals surface area (Å²) in [5, 5.41) is 6.52. The van der Waals surface area contributed by atoms with Crippen molar-refractivity contribution in [3.05, 3.63) is 11.8 Å². The van der Waals surface area contributed by atoms with Crippen molar-refractivity contribution in [1.82, 2.24) is 14.7 Å². The molecule has 1 heterocycles. The first-order valence-corrected chi connectivity index (χ1v) is 3.58. The first-order valence-electron chi connectivity index (χ1n) is 3.58. The van der Waals surface area contributed by atoms with Crippen molar-refractivity contribution in [2.24, 2.45) is 5.73 Å². The van der Waals surface area contributed by atoms with Gasteiger partial charge in [-0.25, -0.2) is 5.10 Å². The van der Waals surface area contributed by atoms with Crippen LogP contribution in [0.4, 0.5) is 5.82 Å². The van der Waals surface area contributed by atoms with Crippen LogP contribution in [-0.4, -0.2) is 37.2 Å². The number of nitrogens with one attached hydrogen (secondary N) is 1. The largest absolute Gasteiger partial charge is 0.365 e. The SMILES string of the molecule is C[N+](C)(C)c1[nH]ncc1C(N)=O. The highest BCUT2D eigenvalue weighted by molar-refractivity contribution is 5.96. The molecule has 0 aliphatic heterocycles. The van der Waals surface area contributed by atoms with E-state index in [4.69, 9.17) is 5.73 Å². The number of primary amides is 1. The number of rotatable bonds is 2. The van der Waals surface area contributed by atoms with Gasteiger partial charge in [0.25, 0.3) is 5.91 Å². The van der Waals surface area contributed by atoms with E-state index in [1.165, 1.54) is 6.20 Å². The lowest BCUT2D eigenvalue weighted by Crippen LogP contribution is -2.37. The van der Waals surface area contributed by atoms with E-state index in [0.29, 0.717) is 10.0 Å². The van der Waals surface area contributed by atoms with Gasteiger partial charge in [-0.15, -0.1) is 0 Å². The van der Waals surface area contributed by atoms with Gasteiger partial charge in [-0.1, -0.05) is 0 Å². The van der Waals surface area contributed by atoms with Crippen molar-refractivity contribution in [2.75, 3.05) is 21.1 Å². The average molecular weight is 169 g/mol. The molecular formula is C7H13N4O+. The molecule has 0 aromatic carbocycles. The summed E-state index contributed by atoms with van der Waals surface area (Å²) in [6, 6.07) is 0. The van der Waals surface area contributed by atoms with Crippen LogP contribution in [0.25, 0.3) is 0 Å². The zero-order valence-electron chi connectivity index (χ0n) is 7.46. The molecule has 0 fully saturated rings. The molecule has 0 spiro atoms. The number of H-pyrrole nitrogens is 1. The highest BCUT2D eigenvalue weighted by atomic mass is 16.1. The quantitative estimate of drug-likeness (QED) is 0.597. The van der Waals surface area contributed by atoms with E-state index in [0.717, 1.165) is 5.82 Å². The number of carbonyl (C=O) groups is 1. The molecular weight excluding hydrogens is 156 g/mol. The molecule has 5 heteroatoms. The Bertz CT molecular complexity index is 297. The highest BCUT2D eigenvalue weighted by Crippen LogP contribution is 2.17. The summed E-state index contributed by atoms with van der Waals surface area (Å²) in [7, 11) is 5.79. The minimum Gasteiger partial charge on any atom is -0.365 e. The molecule has 3 N–H and O–H groups in total. The van der Waals surface area contributed by atoms with E-state index in [1.54, 1.807) is 0 Å². The van der Waals surface area contributed by atoms with E-state index in [-0.39, 0.29) is 0 Å².